The molecule has 0 aromatic heterocycles. The number of benzene rings is 1. The van der Waals surface area contributed by atoms with E-state index in [1.165, 1.54) is 0 Å². The zero-order chi connectivity index (χ0) is 17.1. The van der Waals surface area contributed by atoms with Gasteiger partial charge in [0.25, 0.3) is 0 Å². The molecule has 1 aromatic rings. The molecule has 130 valence electrons. The first-order chi connectivity index (χ1) is 11.6. The molecule has 0 saturated carbocycles. The molecule has 0 atom stereocenters. The smallest absolute Gasteiger partial charge is 0.322 e. The molecule has 0 bridgehead atoms. The lowest BCUT2D eigenvalue weighted by Gasteiger charge is -2.37. The zero-order valence-electron chi connectivity index (χ0n) is 14.0. The number of amides is 3. The van der Waals surface area contributed by atoms with E-state index in [2.05, 4.69) is 5.32 Å². The number of nitrogens with two attached hydrogens (primary N) is 1. The molecule has 7 heteroatoms. The Morgan fingerprint density at radius 2 is 2.08 bits per heavy atom. The summed E-state index contributed by atoms with van der Waals surface area (Å²) >= 11 is 0. The highest BCUT2D eigenvalue weighted by atomic mass is 16.5. The standard InChI is InChI=1S/C17H24N4O3/c1-24-14-2-3-15-12(10-14)4-9-21(17(23)19-15)13-5-7-20(8-6-13)16(22)11-18/h2-3,10,13H,4-9,11,18H2,1H3,(H,19,23). The number of hydrogen-bond acceptors (Lipinski definition) is 4. The van der Waals surface area contributed by atoms with Gasteiger partial charge in [0.2, 0.25) is 5.91 Å². The Morgan fingerprint density at radius 1 is 1.33 bits per heavy atom. The SMILES string of the molecule is COc1ccc2c(c1)CCN(C1CCN(C(=O)CN)CC1)C(=O)N2. The molecule has 2 heterocycles. The number of carbonyl (C=O) groups is 2. The average Bonchev–Trinajstić information content (AvgIpc) is 2.78. The molecule has 0 aliphatic carbocycles. The molecular weight excluding hydrogens is 308 g/mol. The lowest BCUT2D eigenvalue weighted by Crippen LogP contribution is -2.50. The molecule has 3 rings (SSSR count). The van der Waals surface area contributed by atoms with Gasteiger partial charge in [-0.1, -0.05) is 0 Å². The van der Waals surface area contributed by atoms with Gasteiger partial charge in [-0.15, -0.1) is 0 Å². The van der Waals surface area contributed by atoms with Crippen molar-refractivity contribution in [2.45, 2.75) is 25.3 Å². The number of nitrogens with zero attached hydrogens (tertiary/aromatic N) is 2. The Bertz CT molecular complexity index is 626. The minimum absolute atomic E-state index is 0.0201. The van der Waals surface area contributed by atoms with Gasteiger partial charge in [-0.3, -0.25) is 4.79 Å². The number of methoxy groups -OCH3 is 1. The summed E-state index contributed by atoms with van der Waals surface area (Å²) in [5.41, 5.74) is 7.35. The quantitative estimate of drug-likeness (QED) is 0.865. The fourth-order valence-electron chi connectivity index (χ4n) is 3.46. The summed E-state index contributed by atoms with van der Waals surface area (Å²) in [5, 5.41) is 3.00. The Balaban J connectivity index is 1.66. The summed E-state index contributed by atoms with van der Waals surface area (Å²) in [7, 11) is 1.64. The molecule has 2 aliphatic heterocycles. The molecule has 3 amide bonds. The van der Waals surface area contributed by atoms with Crippen LogP contribution in [0.1, 0.15) is 18.4 Å². The second-order valence-corrected chi connectivity index (χ2v) is 6.21. The molecule has 0 unspecified atom stereocenters. The first-order valence-electron chi connectivity index (χ1n) is 8.34. The highest BCUT2D eigenvalue weighted by Gasteiger charge is 2.31. The maximum absolute atomic E-state index is 12.6. The Labute approximate surface area is 141 Å². The van der Waals surface area contributed by atoms with E-state index in [0.29, 0.717) is 19.6 Å². The summed E-state index contributed by atoms with van der Waals surface area (Å²) in [4.78, 5) is 27.9. The third kappa shape index (κ3) is 3.31. The van der Waals surface area contributed by atoms with Gasteiger partial charge in [-0.05, 0) is 43.0 Å². The zero-order valence-corrected chi connectivity index (χ0v) is 14.0. The van der Waals surface area contributed by atoms with Crippen LogP contribution in [0, 0.1) is 0 Å². The van der Waals surface area contributed by atoms with Crippen LogP contribution in [0.15, 0.2) is 18.2 Å². The van der Waals surface area contributed by atoms with Gasteiger partial charge in [0.15, 0.2) is 0 Å². The number of anilines is 1. The van der Waals surface area contributed by atoms with Crippen LogP contribution in [0.2, 0.25) is 0 Å². The average molecular weight is 332 g/mol. The normalized spacial score (nSPS) is 18.7. The fourth-order valence-corrected chi connectivity index (χ4v) is 3.46. The summed E-state index contributed by atoms with van der Waals surface area (Å²) in [5.74, 6) is 0.776. The van der Waals surface area contributed by atoms with Gasteiger partial charge in [0, 0.05) is 31.4 Å². The lowest BCUT2D eigenvalue weighted by atomic mass is 10.0. The minimum atomic E-state index is -0.0671. The van der Waals surface area contributed by atoms with Crippen LogP contribution >= 0.6 is 0 Å². The maximum Gasteiger partial charge on any atom is 0.322 e. The number of fused-ring (bicyclic) bond motifs is 1. The van der Waals surface area contributed by atoms with Crippen molar-refractivity contribution >= 4 is 17.6 Å². The van der Waals surface area contributed by atoms with E-state index in [9.17, 15) is 9.59 Å². The van der Waals surface area contributed by atoms with Crippen LogP contribution in [0.3, 0.4) is 0 Å². The van der Waals surface area contributed by atoms with Crippen LogP contribution in [0.25, 0.3) is 0 Å². The van der Waals surface area contributed by atoms with E-state index in [4.69, 9.17) is 10.5 Å². The van der Waals surface area contributed by atoms with Crippen LogP contribution in [-0.2, 0) is 11.2 Å². The Morgan fingerprint density at radius 3 is 2.75 bits per heavy atom. The fraction of sp³-hybridized carbons (Fsp3) is 0.529. The molecule has 2 aliphatic rings. The first kappa shape index (κ1) is 16.6. The molecule has 1 saturated heterocycles. The number of nitrogens with one attached hydrogen (secondary N) is 1. The van der Waals surface area contributed by atoms with E-state index in [1.54, 1.807) is 12.0 Å². The third-order valence-electron chi connectivity index (χ3n) is 4.87. The van der Waals surface area contributed by atoms with Crippen LogP contribution < -0.4 is 15.8 Å². The van der Waals surface area contributed by atoms with Gasteiger partial charge in [0.1, 0.15) is 5.75 Å². The van der Waals surface area contributed by atoms with Crippen molar-refractivity contribution in [1.29, 1.82) is 0 Å². The minimum Gasteiger partial charge on any atom is -0.497 e. The topological polar surface area (TPSA) is 87.9 Å². The highest BCUT2D eigenvalue weighted by Crippen LogP contribution is 2.27. The van der Waals surface area contributed by atoms with Gasteiger partial charge in [0.05, 0.1) is 13.7 Å². The predicted molar refractivity (Wildman–Crippen MR) is 91.1 cm³/mol. The number of piperidine rings is 1. The first-order valence-corrected chi connectivity index (χ1v) is 8.34. The molecule has 1 aromatic carbocycles. The van der Waals surface area contributed by atoms with Gasteiger partial charge in [-0.2, -0.15) is 0 Å². The highest BCUT2D eigenvalue weighted by molar-refractivity contribution is 5.91. The van der Waals surface area contributed by atoms with E-state index in [-0.39, 0.29) is 24.5 Å². The summed E-state index contributed by atoms with van der Waals surface area (Å²) in [6, 6.07) is 5.80. The molecule has 3 N–H and O–H groups in total. The second kappa shape index (κ2) is 7.09. The van der Waals surface area contributed by atoms with Crippen molar-refractivity contribution in [1.82, 2.24) is 9.80 Å². The van der Waals surface area contributed by atoms with E-state index >= 15 is 0 Å². The number of urea groups is 1. The molecule has 0 spiro atoms. The summed E-state index contributed by atoms with van der Waals surface area (Å²) in [6.07, 6.45) is 2.37. The lowest BCUT2D eigenvalue weighted by molar-refractivity contribution is -0.131. The summed E-state index contributed by atoms with van der Waals surface area (Å²) in [6.45, 7) is 2.03. The molecule has 1 fully saturated rings. The third-order valence-corrected chi connectivity index (χ3v) is 4.87. The van der Waals surface area contributed by atoms with Crippen LogP contribution in [0.4, 0.5) is 10.5 Å². The Hall–Kier alpha value is -2.28. The maximum atomic E-state index is 12.6. The molecule has 7 nitrogen and oxygen atoms in total. The molecule has 24 heavy (non-hydrogen) atoms. The Kier molecular flexibility index (Phi) is 4.89. The number of rotatable bonds is 3. The monoisotopic (exact) mass is 332 g/mol. The second-order valence-electron chi connectivity index (χ2n) is 6.21. The van der Waals surface area contributed by atoms with Crippen LogP contribution in [0.5, 0.6) is 5.75 Å². The molecular formula is C17H24N4O3. The van der Waals surface area contributed by atoms with Crippen molar-refractivity contribution < 1.29 is 14.3 Å². The van der Waals surface area contributed by atoms with Crippen LogP contribution in [-0.4, -0.2) is 61.1 Å². The molecule has 0 radical (unpaired) electrons. The van der Waals surface area contributed by atoms with Crippen molar-refractivity contribution in [2.75, 3.05) is 38.6 Å². The van der Waals surface area contributed by atoms with Crippen molar-refractivity contribution in [3.8, 4) is 5.75 Å². The van der Waals surface area contributed by atoms with E-state index < -0.39 is 0 Å². The largest absolute Gasteiger partial charge is 0.497 e. The number of carbonyl (C=O) groups excluding carboxylic acids is 2. The summed E-state index contributed by atoms with van der Waals surface area (Å²) < 4.78 is 5.26. The van der Waals surface area contributed by atoms with Crippen molar-refractivity contribution in [2.24, 2.45) is 5.73 Å². The van der Waals surface area contributed by atoms with Crippen molar-refractivity contribution in [3.05, 3.63) is 23.8 Å². The van der Waals surface area contributed by atoms with Gasteiger partial charge >= 0.3 is 6.03 Å². The van der Waals surface area contributed by atoms with E-state index in [0.717, 1.165) is 36.3 Å². The van der Waals surface area contributed by atoms with Crippen molar-refractivity contribution in [3.63, 3.8) is 0 Å². The van der Waals surface area contributed by atoms with E-state index in [1.807, 2.05) is 23.1 Å². The van der Waals surface area contributed by atoms with Gasteiger partial charge < -0.3 is 25.6 Å². The number of likely N-dealkylation sites (tertiary alicyclic amines) is 1. The predicted octanol–water partition coefficient (Wildman–Crippen LogP) is 1.03. The number of ether oxygens (including phenoxy) is 1. The van der Waals surface area contributed by atoms with Gasteiger partial charge in [-0.25, -0.2) is 4.79 Å². The number of hydrogen-bond donors (Lipinski definition) is 2.